The Morgan fingerprint density at radius 1 is 1.25 bits per heavy atom. The standard InChI is InChI=1S/C18H27N3O2S/c1-13-3-5-14(6-4-13)17(22)21-16(9-12-24-2)18(23)20-15-7-10-19-11-8-15/h7-8,10-11,13-14,16H,3-6,9,12H2,1-2H3,(H,21,22)(H,19,20,23)/t13?,14?,16-/m0/s1. The number of hydrogen-bond donors (Lipinski definition) is 2. The third-order valence-corrected chi connectivity index (χ3v) is 5.22. The molecule has 0 radical (unpaired) electrons. The number of hydrogen-bond acceptors (Lipinski definition) is 4. The molecule has 5 nitrogen and oxygen atoms in total. The Kier molecular flexibility index (Phi) is 7.56. The summed E-state index contributed by atoms with van der Waals surface area (Å²) in [6, 6.07) is 3.00. The maximum atomic E-state index is 12.5. The van der Waals surface area contributed by atoms with E-state index in [0.29, 0.717) is 18.0 Å². The molecule has 0 bridgehead atoms. The molecule has 1 aliphatic carbocycles. The lowest BCUT2D eigenvalue weighted by Gasteiger charge is -2.27. The second-order valence-electron chi connectivity index (χ2n) is 6.52. The van der Waals surface area contributed by atoms with E-state index < -0.39 is 6.04 Å². The molecule has 0 aromatic carbocycles. The number of nitrogens with zero attached hydrogens (tertiary/aromatic N) is 1. The van der Waals surface area contributed by atoms with Crippen LogP contribution >= 0.6 is 11.8 Å². The van der Waals surface area contributed by atoms with Crippen LogP contribution in [0, 0.1) is 11.8 Å². The topological polar surface area (TPSA) is 71.1 Å². The van der Waals surface area contributed by atoms with E-state index >= 15 is 0 Å². The first kappa shape index (κ1) is 18.8. The Hall–Kier alpha value is -1.56. The minimum Gasteiger partial charge on any atom is -0.344 e. The van der Waals surface area contributed by atoms with Gasteiger partial charge in [0.2, 0.25) is 11.8 Å². The molecule has 24 heavy (non-hydrogen) atoms. The number of anilines is 1. The Morgan fingerprint density at radius 3 is 2.54 bits per heavy atom. The Morgan fingerprint density at radius 2 is 1.92 bits per heavy atom. The lowest BCUT2D eigenvalue weighted by molar-refractivity contribution is -0.130. The summed E-state index contributed by atoms with van der Waals surface area (Å²) in [7, 11) is 0. The van der Waals surface area contributed by atoms with Gasteiger partial charge in [0.25, 0.3) is 0 Å². The van der Waals surface area contributed by atoms with Gasteiger partial charge in [-0.25, -0.2) is 0 Å². The van der Waals surface area contributed by atoms with Crippen molar-refractivity contribution < 1.29 is 9.59 Å². The second kappa shape index (κ2) is 9.67. The molecule has 2 N–H and O–H groups in total. The SMILES string of the molecule is CSCC[C@H](NC(=O)C1CCC(C)CC1)C(=O)Nc1ccncc1. The van der Waals surface area contributed by atoms with Gasteiger partial charge in [-0.3, -0.25) is 14.6 Å². The van der Waals surface area contributed by atoms with E-state index in [1.54, 1.807) is 36.3 Å². The highest BCUT2D eigenvalue weighted by Gasteiger charge is 2.28. The number of carbonyl (C=O) groups is 2. The minimum absolute atomic E-state index is 0.0258. The van der Waals surface area contributed by atoms with Gasteiger partial charge in [0.15, 0.2) is 0 Å². The molecule has 1 fully saturated rings. The lowest BCUT2D eigenvalue weighted by Crippen LogP contribution is -2.46. The van der Waals surface area contributed by atoms with E-state index in [-0.39, 0.29) is 17.7 Å². The van der Waals surface area contributed by atoms with Crippen molar-refractivity contribution >= 4 is 29.3 Å². The molecule has 0 aliphatic heterocycles. The summed E-state index contributed by atoms with van der Waals surface area (Å²) < 4.78 is 0. The number of nitrogens with one attached hydrogen (secondary N) is 2. The average Bonchev–Trinajstić information content (AvgIpc) is 2.59. The van der Waals surface area contributed by atoms with Crippen LogP contribution in [0.2, 0.25) is 0 Å². The van der Waals surface area contributed by atoms with Crippen molar-refractivity contribution in [2.75, 3.05) is 17.3 Å². The predicted molar refractivity (Wildman–Crippen MR) is 98.9 cm³/mol. The van der Waals surface area contributed by atoms with Gasteiger partial charge in [0.1, 0.15) is 6.04 Å². The first-order valence-electron chi connectivity index (χ1n) is 8.60. The molecular weight excluding hydrogens is 322 g/mol. The van der Waals surface area contributed by atoms with Crippen molar-refractivity contribution in [3.8, 4) is 0 Å². The molecule has 1 aromatic heterocycles. The van der Waals surface area contributed by atoms with Gasteiger partial charge in [-0.15, -0.1) is 0 Å². The van der Waals surface area contributed by atoms with Crippen LogP contribution in [0.1, 0.15) is 39.0 Å². The van der Waals surface area contributed by atoms with E-state index in [9.17, 15) is 9.59 Å². The molecule has 6 heteroatoms. The summed E-state index contributed by atoms with van der Waals surface area (Å²) in [5.41, 5.74) is 0.699. The molecule has 1 aliphatic rings. The Balaban J connectivity index is 1.94. The summed E-state index contributed by atoms with van der Waals surface area (Å²) in [6.07, 6.45) is 9.94. The Bertz CT molecular complexity index is 530. The average molecular weight is 350 g/mol. The van der Waals surface area contributed by atoms with Crippen LogP contribution in [0.3, 0.4) is 0 Å². The van der Waals surface area contributed by atoms with Crippen LogP contribution < -0.4 is 10.6 Å². The Labute approximate surface area is 148 Å². The first-order chi connectivity index (χ1) is 11.6. The monoisotopic (exact) mass is 349 g/mol. The minimum atomic E-state index is -0.488. The molecule has 1 heterocycles. The quantitative estimate of drug-likeness (QED) is 0.793. The summed E-state index contributed by atoms with van der Waals surface area (Å²) >= 11 is 1.68. The molecule has 1 saturated carbocycles. The smallest absolute Gasteiger partial charge is 0.246 e. The van der Waals surface area contributed by atoms with Gasteiger partial charge in [-0.05, 0) is 62.2 Å². The van der Waals surface area contributed by atoms with Gasteiger partial charge >= 0.3 is 0 Å². The van der Waals surface area contributed by atoms with Gasteiger partial charge in [0, 0.05) is 24.0 Å². The molecule has 132 valence electrons. The lowest BCUT2D eigenvalue weighted by atomic mass is 9.82. The number of rotatable bonds is 7. The van der Waals surface area contributed by atoms with E-state index in [1.165, 1.54) is 0 Å². The largest absolute Gasteiger partial charge is 0.344 e. The molecule has 0 saturated heterocycles. The van der Waals surface area contributed by atoms with E-state index in [0.717, 1.165) is 31.4 Å². The second-order valence-corrected chi connectivity index (χ2v) is 7.51. The number of amides is 2. The highest BCUT2D eigenvalue weighted by atomic mass is 32.2. The normalized spacial score (nSPS) is 21.8. The van der Waals surface area contributed by atoms with Crippen molar-refractivity contribution in [3.63, 3.8) is 0 Å². The molecule has 2 rings (SSSR count). The van der Waals surface area contributed by atoms with E-state index in [2.05, 4.69) is 22.5 Å². The van der Waals surface area contributed by atoms with Crippen LogP contribution in [0.25, 0.3) is 0 Å². The summed E-state index contributed by atoms with van der Waals surface area (Å²) in [6.45, 7) is 2.23. The van der Waals surface area contributed by atoms with Gasteiger partial charge in [0.05, 0.1) is 0 Å². The summed E-state index contributed by atoms with van der Waals surface area (Å²) in [5, 5.41) is 5.84. The predicted octanol–water partition coefficient (Wildman–Crippen LogP) is 3.08. The van der Waals surface area contributed by atoms with Crippen molar-refractivity contribution in [3.05, 3.63) is 24.5 Å². The summed E-state index contributed by atoms with van der Waals surface area (Å²) in [4.78, 5) is 29.0. The number of pyridine rings is 1. The molecule has 1 aromatic rings. The van der Waals surface area contributed by atoms with E-state index in [4.69, 9.17) is 0 Å². The first-order valence-corrected chi connectivity index (χ1v) is 9.99. The fourth-order valence-electron chi connectivity index (χ4n) is 2.98. The zero-order valence-corrected chi connectivity index (χ0v) is 15.3. The van der Waals surface area contributed by atoms with Gasteiger partial charge in [-0.1, -0.05) is 6.92 Å². The van der Waals surface area contributed by atoms with Crippen LogP contribution in [0.15, 0.2) is 24.5 Å². The fraction of sp³-hybridized carbons (Fsp3) is 0.611. The van der Waals surface area contributed by atoms with Crippen LogP contribution in [0.4, 0.5) is 5.69 Å². The number of aromatic nitrogens is 1. The van der Waals surface area contributed by atoms with Crippen molar-refractivity contribution in [1.82, 2.24) is 10.3 Å². The number of carbonyl (C=O) groups excluding carboxylic acids is 2. The number of thioether (sulfide) groups is 1. The molecule has 1 atom stereocenters. The van der Waals surface area contributed by atoms with Crippen LogP contribution in [0.5, 0.6) is 0 Å². The van der Waals surface area contributed by atoms with Gasteiger partial charge in [-0.2, -0.15) is 11.8 Å². The zero-order chi connectivity index (χ0) is 17.4. The van der Waals surface area contributed by atoms with Gasteiger partial charge < -0.3 is 10.6 Å². The maximum absolute atomic E-state index is 12.5. The fourth-order valence-corrected chi connectivity index (χ4v) is 3.45. The third kappa shape index (κ3) is 5.82. The van der Waals surface area contributed by atoms with Crippen molar-refractivity contribution in [2.24, 2.45) is 11.8 Å². The highest BCUT2D eigenvalue weighted by Crippen LogP contribution is 2.28. The summed E-state index contributed by atoms with van der Waals surface area (Å²) in [5.74, 6) is 1.45. The zero-order valence-electron chi connectivity index (χ0n) is 14.5. The molecular formula is C18H27N3O2S. The third-order valence-electron chi connectivity index (χ3n) is 4.58. The molecule has 2 amide bonds. The molecule has 0 spiro atoms. The van der Waals surface area contributed by atoms with E-state index in [1.807, 2.05) is 6.26 Å². The maximum Gasteiger partial charge on any atom is 0.246 e. The van der Waals surface area contributed by atoms with Crippen molar-refractivity contribution in [2.45, 2.75) is 45.1 Å². The molecule has 0 unspecified atom stereocenters. The van der Waals surface area contributed by atoms with Crippen LogP contribution in [-0.2, 0) is 9.59 Å². The van der Waals surface area contributed by atoms with Crippen LogP contribution in [-0.4, -0.2) is 34.8 Å². The van der Waals surface area contributed by atoms with Crippen molar-refractivity contribution in [1.29, 1.82) is 0 Å². The highest BCUT2D eigenvalue weighted by molar-refractivity contribution is 7.98.